The molecule has 0 aliphatic carbocycles. The number of rotatable bonds is 5. The van der Waals surface area contributed by atoms with Gasteiger partial charge in [-0.05, 0) is 51.9 Å². The van der Waals surface area contributed by atoms with Crippen molar-refractivity contribution >= 4 is 17.5 Å². The highest BCUT2D eigenvalue weighted by atomic mass is 16.7. The van der Waals surface area contributed by atoms with Crippen LogP contribution >= 0.6 is 0 Å². The highest BCUT2D eigenvalue weighted by Gasteiger charge is 2.29. The first-order valence-corrected chi connectivity index (χ1v) is 8.80. The molecule has 0 saturated carbocycles. The molecule has 0 spiro atoms. The van der Waals surface area contributed by atoms with E-state index in [1.807, 2.05) is 19.9 Å². The molecule has 2 heterocycles. The molecule has 2 amide bonds. The number of carbonyl (C=O) groups is 2. The smallest absolute Gasteiger partial charge is 0.237 e. The van der Waals surface area contributed by atoms with E-state index in [4.69, 9.17) is 9.47 Å². The Morgan fingerprint density at radius 1 is 1.24 bits per heavy atom. The second-order valence-corrected chi connectivity index (χ2v) is 6.44. The van der Waals surface area contributed by atoms with Crippen LogP contribution in [0.2, 0.25) is 0 Å². The number of piperidine rings is 1. The van der Waals surface area contributed by atoms with Gasteiger partial charge in [0.2, 0.25) is 18.6 Å². The monoisotopic (exact) mass is 347 g/mol. The quantitative estimate of drug-likeness (QED) is 0.846. The van der Waals surface area contributed by atoms with Gasteiger partial charge in [-0.3, -0.25) is 14.5 Å². The van der Waals surface area contributed by atoms with Crippen molar-refractivity contribution in [2.24, 2.45) is 5.92 Å². The maximum atomic E-state index is 12.5. The van der Waals surface area contributed by atoms with Crippen molar-refractivity contribution in [2.45, 2.75) is 32.7 Å². The number of nitrogens with zero attached hydrogens (tertiary/aromatic N) is 1. The van der Waals surface area contributed by atoms with Crippen molar-refractivity contribution in [3.05, 3.63) is 18.2 Å². The van der Waals surface area contributed by atoms with E-state index in [0.29, 0.717) is 23.7 Å². The number of nitrogens with one attached hydrogen (secondary N) is 2. The largest absolute Gasteiger partial charge is 0.454 e. The van der Waals surface area contributed by atoms with Gasteiger partial charge in [0.05, 0.1) is 6.04 Å². The van der Waals surface area contributed by atoms with Gasteiger partial charge in [-0.25, -0.2) is 0 Å². The molecular weight excluding hydrogens is 322 g/mol. The highest BCUT2D eigenvalue weighted by molar-refractivity contribution is 5.93. The molecule has 2 aliphatic rings. The van der Waals surface area contributed by atoms with E-state index in [-0.39, 0.29) is 30.6 Å². The molecule has 0 unspecified atom stereocenters. The van der Waals surface area contributed by atoms with Gasteiger partial charge in [0.15, 0.2) is 11.5 Å². The fraction of sp³-hybridized carbons (Fsp3) is 0.556. The molecule has 3 rings (SSSR count). The number of likely N-dealkylation sites (N-methyl/N-ethyl adjacent to an activating group) is 1. The normalized spacial score (nSPS) is 18.6. The van der Waals surface area contributed by atoms with Gasteiger partial charge < -0.3 is 20.1 Å². The predicted molar refractivity (Wildman–Crippen MR) is 93.6 cm³/mol. The second-order valence-electron chi connectivity index (χ2n) is 6.44. The minimum atomic E-state index is -0.155. The summed E-state index contributed by atoms with van der Waals surface area (Å²) in [6.07, 6.45) is 1.50. The summed E-state index contributed by atoms with van der Waals surface area (Å²) in [5, 5.41) is 5.80. The molecule has 25 heavy (non-hydrogen) atoms. The molecule has 2 N–H and O–H groups in total. The van der Waals surface area contributed by atoms with E-state index in [1.54, 1.807) is 12.1 Å². The average molecular weight is 347 g/mol. The third kappa shape index (κ3) is 4.04. The van der Waals surface area contributed by atoms with Crippen molar-refractivity contribution in [3.8, 4) is 11.5 Å². The number of fused-ring (bicyclic) bond motifs is 1. The molecule has 7 heteroatoms. The number of hydrogen-bond acceptors (Lipinski definition) is 5. The molecule has 136 valence electrons. The Morgan fingerprint density at radius 2 is 1.96 bits per heavy atom. The Labute approximate surface area is 147 Å². The SMILES string of the molecule is CCNC(=O)[C@H](C)N1CCC(C(=O)Nc2ccc3c(c2)OCO3)CC1. The molecule has 0 bridgehead atoms. The maximum Gasteiger partial charge on any atom is 0.237 e. The van der Waals surface area contributed by atoms with E-state index in [9.17, 15) is 9.59 Å². The summed E-state index contributed by atoms with van der Waals surface area (Å²) in [5.74, 6) is 1.38. The molecular formula is C18H25N3O4. The number of likely N-dealkylation sites (tertiary alicyclic amines) is 1. The molecule has 1 aromatic carbocycles. The molecule has 1 fully saturated rings. The first kappa shape index (κ1) is 17.5. The fourth-order valence-corrected chi connectivity index (χ4v) is 3.26. The van der Waals surface area contributed by atoms with Crippen molar-refractivity contribution in [3.63, 3.8) is 0 Å². The van der Waals surface area contributed by atoms with Crippen molar-refractivity contribution in [1.29, 1.82) is 0 Å². The van der Waals surface area contributed by atoms with Gasteiger partial charge in [-0.15, -0.1) is 0 Å². The lowest BCUT2D eigenvalue weighted by atomic mass is 9.94. The third-order valence-corrected chi connectivity index (χ3v) is 4.82. The molecule has 2 aliphatic heterocycles. The average Bonchev–Trinajstić information content (AvgIpc) is 3.09. The lowest BCUT2D eigenvalue weighted by molar-refractivity contribution is -0.127. The second kappa shape index (κ2) is 7.74. The fourth-order valence-electron chi connectivity index (χ4n) is 3.26. The van der Waals surface area contributed by atoms with Crippen LogP contribution in [0.15, 0.2) is 18.2 Å². The highest BCUT2D eigenvalue weighted by Crippen LogP contribution is 2.34. The lowest BCUT2D eigenvalue weighted by Crippen LogP contribution is -2.49. The Kier molecular flexibility index (Phi) is 5.43. The van der Waals surface area contributed by atoms with Gasteiger partial charge >= 0.3 is 0 Å². The minimum Gasteiger partial charge on any atom is -0.454 e. The predicted octanol–water partition coefficient (Wildman–Crippen LogP) is 1.59. The summed E-state index contributed by atoms with van der Waals surface area (Å²) in [6.45, 7) is 6.18. The molecule has 0 aromatic heterocycles. The van der Waals surface area contributed by atoms with Crippen LogP contribution in [-0.4, -0.2) is 49.2 Å². The van der Waals surface area contributed by atoms with Crippen molar-refractivity contribution in [2.75, 3.05) is 31.7 Å². The van der Waals surface area contributed by atoms with Crippen LogP contribution in [0.5, 0.6) is 11.5 Å². The molecule has 1 atom stereocenters. The molecule has 0 radical (unpaired) electrons. The van der Waals surface area contributed by atoms with Gasteiger partial charge in [-0.2, -0.15) is 0 Å². The number of amides is 2. The van der Waals surface area contributed by atoms with Gasteiger partial charge in [0, 0.05) is 24.2 Å². The van der Waals surface area contributed by atoms with E-state index in [0.717, 1.165) is 25.9 Å². The van der Waals surface area contributed by atoms with Crippen LogP contribution in [-0.2, 0) is 9.59 Å². The van der Waals surface area contributed by atoms with Gasteiger partial charge in [-0.1, -0.05) is 0 Å². The minimum absolute atomic E-state index is 0.0178. The number of carbonyl (C=O) groups excluding carboxylic acids is 2. The van der Waals surface area contributed by atoms with Gasteiger partial charge in [0.1, 0.15) is 0 Å². The van der Waals surface area contributed by atoms with Gasteiger partial charge in [0.25, 0.3) is 0 Å². The van der Waals surface area contributed by atoms with E-state index in [1.165, 1.54) is 0 Å². The van der Waals surface area contributed by atoms with E-state index in [2.05, 4.69) is 15.5 Å². The van der Waals surface area contributed by atoms with Crippen LogP contribution in [0.1, 0.15) is 26.7 Å². The Morgan fingerprint density at radius 3 is 2.68 bits per heavy atom. The Hall–Kier alpha value is -2.28. The zero-order valence-electron chi connectivity index (χ0n) is 14.7. The summed E-state index contributed by atoms with van der Waals surface area (Å²) in [7, 11) is 0. The first-order chi connectivity index (χ1) is 12.1. The van der Waals surface area contributed by atoms with Crippen molar-refractivity contribution < 1.29 is 19.1 Å². The Balaban J connectivity index is 1.51. The summed E-state index contributed by atoms with van der Waals surface area (Å²) in [6, 6.07) is 5.25. The standard InChI is InChI=1S/C18H25N3O4/c1-3-19-17(22)12(2)21-8-6-13(7-9-21)18(23)20-14-4-5-15-16(10-14)25-11-24-15/h4-5,10,12-13H,3,6-9,11H2,1-2H3,(H,19,22)(H,20,23)/t12-/m0/s1. The number of anilines is 1. The van der Waals surface area contributed by atoms with E-state index >= 15 is 0 Å². The van der Waals surface area contributed by atoms with Crippen LogP contribution < -0.4 is 20.1 Å². The van der Waals surface area contributed by atoms with Crippen LogP contribution in [0, 0.1) is 5.92 Å². The summed E-state index contributed by atoms with van der Waals surface area (Å²) >= 11 is 0. The Bertz CT molecular complexity index is 641. The summed E-state index contributed by atoms with van der Waals surface area (Å²) in [4.78, 5) is 26.6. The molecule has 1 saturated heterocycles. The van der Waals surface area contributed by atoms with E-state index < -0.39 is 0 Å². The molecule has 1 aromatic rings. The van der Waals surface area contributed by atoms with Crippen LogP contribution in [0.3, 0.4) is 0 Å². The zero-order chi connectivity index (χ0) is 17.8. The number of benzene rings is 1. The number of hydrogen-bond donors (Lipinski definition) is 2. The van der Waals surface area contributed by atoms with Crippen LogP contribution in [0.4, 0.5) is 5.69 Å². The third-order valence-electron chi connectivity index (χ3n) is 4.82. The first-order valence-electron chi connectivity index (χ1n) is 8.80. The summed E-state index contributed by atoms with van der Waals surface area (Å²) in [5.41, 5.74) is 0.715. The zero-order valence-corrected chi connectivity index (χ0v) is 14.7. The summed E-state index contributed by atoms with van der Waals surface area (Å²) < 4.78 is 10.6. The number of ether oxygens (including phenoxy) is 2. The topological polar surface area (TPSA) is 79.9 Å². The maximum absolute atomic E-state index is 12.5. The van der Waals surface area contributed by atoms with Crippen LogP contribution in [0.25, 0.3) is 0 Å². The molecule has 7 nitrogen and oxygen atoms in total. The lowest BCUT2D eigenvalue weighted by Gasteiger charge is -2.34. The van der Waals surface area contributed by atoms with Crippen molar-refractivity contribution in [1.82, 2.24) is 10.2 Å².